The molecule has 0 saturated heterocycles. The Kier molecular flexibility index (Phi) is 5.00. The number of nitrogens with one attached hydrogen (secondary N) is 1. The molecule has 108 valence electrons. The fourth-order valence-corrected chi connectivity index (χ4v) is 4.46. The SMILES string of the molecule is CS(=O)(=O)C1CCCC(NCC(O)c2ccsc2)C1. The molecule has 1 fully saturated rings. The van der Waals surface area contributed by atoms with E-state index in [9.17, 15) is 13.5 Å². The van der Waals surface area contributed by atoms with Crippen LogP contribution in [0.4, 0.5) is 0 Å². The highest BCUT2D eigenvalue weighted by Crippen LogP contribution is 2.24. The molecule has 3 atom stereocenters. The van der Waals surface area contributed by atoms with Gasteiger partial charge in [0.25, 0.3) is 0 Å². The maximum atomic E-state index is 11.6. The normalized spacial score (nSPS) is 26.2. The molecule has 1 aromatic heterocycles. The molecule has 2 rings (SSSR count). The van der Waals surface area contributed by atoms with Crippen LogP contribution in [0, 0.1) is 0 Å². The second kappa shape index (κ2) is 6.35. The van der Waals surface area contributed by atoms with Gasteiger partial charge >= 0.3 is 0 Å². The van der Waals surface area contributed by atoms with Crippen LogP contribution in [0.15, 0.2) is 16.8 Å². The Labute approximate surface area is 118 Å². The predicted octanol–water partition coefficient (Wildman–Crippen LogP) is 1.73. The van der Waals surface area contributed by atoms with Crippen LogP contribution in [-0.2, 0) is 9.84 Å². The van der Waals surface area contributed by atoms with Crippen LogP contribution in [0.5, 0.6) is 0 Å². The molecule has 1 aliphatic rings. The molecule has 0 aromatic carbocycles. The minimum atomic E-state index is -2.94. The summed E-state index contributed by atoms with van der Waals surface area (Å²) in [6.07, 6.45) is 4.16. The summed E-state index contributed by atoms with van der Waals surface area (Å²) >= 11 is 1.57. The van der Waals surface area contributed by atoms with Crippen LogP contribution in [0.25, 0.3) is 0 Å². The molecule has 19 heavy (non-hydrogen) atoms. The number of sulfone groups is 1. The Morgan fingerprint density at radius 3 is 2.95 bits per heavy atom. The fraction of sp³-hybridized carbons (Fsp3) is 0.692. The first-order valence-corrected chi connectivity index (χ1v) is 9.49. The molecule has 2 N–H and O–H groups in total. The average molecular weight is 303 g/mol. The van der Waals surface area contributed by atoms with E-state index in [-0.39, 0.29) is 11.3 Å². The second-order valence-electron chi connectivity index (χ2n) is 5.30. The molecular weight excluding hydrogens is 282 g/mol. The van der Waals surface area contributed by atoms with Crippen LogP contribution in [0.3, 0.4) is 0 Å². The Morgan fingerprint density at radius 1 is 1.53 bits per heavy atom. The van der Waals surface area contributed by atoms with Crippen molar-refractivity contribution in [3.8, 4) is 0 Å². The van der Waals surface area contributed by atoms with Crippen molar-refractivity contribution in [3.05, 3.63) is 22.4 Å². The van der Waals surface area contributed by atoms with Crippen molar-refractivity contribution in [2.75, 3.05) is 12.8 Å². The lowest BCUT2D eigenvalue weighted by Crippen LogP contribution is -2.40. The van der Waals surface area contributed by atoms with E-state index in [1.807, 2.05) is 16.8 Å². The van der Waals surface area contributed by atoms with E-state index in [4.69, 9.17) is 0 Å². The van der Waals surface area contributed by atoms with Gasteiger partial charge in [-0.15, -0.1) is 0 Å². The molecule has 0 radical (unpaired) electrons. The van der Waals surface area contributed by atoms with Crippen molar-refractivity contribution >= 4 is 21.2 Å². The molecule has 0 bridgehead atoms. The molecular formula is C13H21NO3S2. The molecule has 4 nitrogen and oxygen atoms in total. The van der Waals surface area contributed by atoms with E-state index in [0.29, 0.717) is 13.0 Å². The molecule has 0 spiro atoms. The van der Waals surface area contributed by atoms with Crippen molar-refractivity contribution in [2.45, 2.75) is 43.1 Å². The zero-order valence-electron chi connectivity index (χ0n) is 11.1. The van der Waals surface area contributed by atoms with Crippen molar-refractivity contribution in [2.24, 2.45) is 0 Å². The molecule has 0 amide bonds. The van der Waals surface area contributed by atoms with Crippen molar-refractivity contribution in [3.63, 3.8) is 0 Å². The molecule has 1 aliphatic carbocycles. The minimum Gasteiger partial charge on any atom is -0.387 e. The van der Waals surface area contributed by atoms with Crippen LogP contribution in [-0.4, -0.2) is 37.6 Å². The quantitative estimate of drug-likeness (QED) is 0.869. The largest absolute Gasteiger partial charge is 0.387 e. The van der Waals surface area contributed by atoms with Crippen LogP contribution in [0.1, 0.15) is 37.4 Å². The van der Waals surface area contributed by atoms with E-state index >= 15 is 0 Å². The standard InChI is InChI=1S/C13H21NO3S2/c1-19(16,17)12-4-2-3-11(7-12)14-8-13(15)10-5-6-18-9-10/h5-6,9,11-15H,2-4,7-8H2,1H3. The summed E-state index contributed by atoms with van der Waals surface area (Å²) in [4.78, 5) is 0. The summed E-state index contributed by atoms with van der Waals surface area (Å²) in [5.41, 5.74) is 0.924. The van der Waals surface area contributed by atoms with Gasteiger partial charge in [0.05, 0.1) is 11.4 Å². The van der Waals surface area contributed by atoms with Crippen LogP contribution < -0.4 is 5.32 Å². The summed E-state index contributed by atoms with van der Waals surface area (Å²) in [6.45, 7) is 0.484. The summed E-state index contributed by atoms with van der Waals surface area (Å²) in [7, 11) is -2.94. The Bertz CT molecular complexity index is 484. The third-order valence-electron chi connectivity index (χ3n) is 3.76. The lowest BCUT2D eigenvalue weighted by molar-refractivity contribution is 0.166. The second-order valence-corrected chi connectivity index (χ2v) is 8.40. The molecule has 1 heterocycles. The Hall–Kier alpha value is -0.430. The zero-order valence-corrected chi connectivity index (χ0v) is 12.7. The average Bonchev–Trinajstić information content (AvgIpc) is 2.89. The van der Waals surface area contributed by atoms with E-state index in [2.05, 4.69) is 5.32 Å². The third-order valence-corrected chi connectivity index (χ3v) is 6.10. The molecule has 6 heteroatoms. The van der Waals surface area contributed by atoms with Crippen molar-refractivity contribution in [1.82, 2.24) is 5.32 Å². The van der Waals surface area contributed by atoms with Gasteiger partial charge in [-0.1, -0.05) is 6.42 Å². The van der Waals surface area contributed by atoms with Gasteiger partial charge in [0, 0.05) is 18.8 Å². The zero-order chi connectivity index (χ0) is 13.9. The first-order valence-electron chi connectivity index (χ1n) is 6.59. The van der Waals surface area contributed by atoms with E-state index in [1.54, 1.807) is 11.3 Å². The molecule has 0 aliphatic heterocycles. The number of aliphatic hydroxyl groups is 1. The van der Waals surface area contributed by atoms with E-state index in [0.717, 1.165) is 24.8 Å². The number of hydrogen-bond donors (Lipinski definition) is 2. The molecule has 1 saturated carbocycles. The van der Waals surface area contributed by atoms with Crippen LogP contribution in [0.2, 0.25) is 0 Å². The van der Waals surface area contributed by atoms with E-state index in [1.165, 1.54) is 6.26 Å². The first-order chi connectivity index (χ1) is 8.97. The number of hydrogen-bond acceptors (Lipinski definition) is 5. The summed E-state index contributed by atoms with van der Waals surface area (Å²) in [5.74, 6) is 0. The minimum absolute atomic E-state index is 0.196. The molecule has 1 aromatic rings. The maximum Gasteiger partial charge on any atom is 0.150 e. The van der Waals surface area contributed by atoms with Gasteiger partial charge in [0.15, 0.2) is 0 Å². The summed E-state index contributed by atoms with van der Waals surface area (Å²) in [5, 5.41) is 16.9. The van der Waals surface area contributed by atoms with Gasteiger partial charge in [0.2, 0.25) is 0 Å². The Balaban J connectivity index is 1.83. The first kappa shape index (κ1) is 15.0. The lowest BCUT2D eigenvalue weighted by Gasteiger charge is -2.29. The van der Waals surface area contributed by atoms with Crippen molar-refractivity contribution < 1.29 is 13.5 Å². The fourth-order valence-electron chi connectivity index (χ4n) is 2.58. The van der Waals surface area contributed by atoms with Gasteiger partial charge in [-0.2, -0.15) is 11.3 Å². The number of aliphatic hydroxyl groups excluding tert-OH is 1. The predicted molar refractivity (Wildman–Crippen MR) is 78.2 cm³/mol. The lowest BCUT2D eigenvalue weighted by atomic mass is 9.95. The maximum absolute atomic E-state index is 11.6. The summed E-state index contributed by atoms with van der Waals surface area (Å²) in [6, 6.07) is 2.11. The van der Waals surface area contributed by atoms with Gasteiger partial charge in [0.1, 0.15) is 9.84 Å². The topological polar surface area (TPSA) is 66.4 Å². The smallest absolute Gasteiger partial charge is 0.150 e. The Morgan fingerprint density at radius 2 is 2.32 bits per heavy atom. The van der Waals surface area contributed by atoms with Gasteiger partial charge in [-0.25, -0.2) is 8.42 Å². The third kappa shape index (κ3) is 4.27. The highest BCUT2D eigenvalue weighted by atomic mass is 32.2. The van der Waals surface area contributed by atoms with Gasteiger partial charge in [-0.3, -0.25) is 0 Å². The van der Waals surface area contributed by atoms with Gasteiger partial charge < -0.3 is 10.4 Å². The summed E-state index contributed by atoms with van der Waals surface area (Å²) < 4.78 is 23.2. The monoisotopic (exact) mass is 303 g/mol. The van der Waals surface area contributed by atoms with Crippen molar-refractivity contribution in [1.29, 1.82) is 0 Å². The highest BCUT2D eigenvalue weighted by Gasteiger charge is 2.28. The van der Waals surface area contributed by atoms with E-state index < -0.39 is 15.9 Å². The molecule has 3 unspecified atom stereocenters. The number of rotatable bonds is 5. The van der Waals surface area contributed by atoms with Crippen LogP contribution >= 0.6 is 11.3 Å². The number of thiophene rings is 1. The highest BCUT2D eigenvalue weighted by molar-refractivity contribution is 7.91. The van der Waals surface area contributed by atoms with Gasteiger partial charge in [-0.05, 0) is 41.7 Å².